The van der Waals surface area contributed by atoms with Crippen LogP contribution in [0.4, 0.5) is 0 Å². The third-order valence-corrected chi connectivity index (χ3v) is 4.60. The van der Waals surface area contributed by atoms with Crippen molar-refractivity contribution in [2.45, 2.75) is 37.6 Å². The molecular weight excluding hydrogens is 290 g/mol. The number of thioether (sulfide) groups is 1. The van der Waals surface area contributed by atoms with Crippen molar-refractivity contribution in [3.8, 4) is 0 Å². The lowest BCUT2D eigenvalue weighted by atomic mass is 9.93. The minimum Gasteiger partial charge on any atom is -0.352 e. The highest BCUT2D eigenvalue weighted by Gasteiger charge is 2.12. The molecule has 116 valence electrons. The van der Waals surface area contributed by atoms with Crippen LogP contribution in [-0.4, -0.2) is 12.2 Å². The van der Waals surface area contributed by atoms with Crippen LogP contribution in [0.5, 0.6) is 0 Å². The van der Waals surface area contributed by atoms with Crippen molar-refractivity contribution in [2.24, 2.45) is 0 Å². The standard InChI is InChI=1S/C19H23NOS/c1-14-6-4-5-7-18(14)15(2)12-19(21)20-13-16-8-10-17(22-3)11-9-16/h4-11,15H,12-13H2,1-3H3,(H,20,21). The molecule has 0 aromatic heterocycles. The van der Waals surface area contributed by atoms with Gasteiger partial charge in [0, 0.05) is 17.9 Å². The number of carbonyl (C=O) groups excluding carboxylic acids is 1. The fraction of sp³-hybridized carbons (Fsp3) is 0.316. The summed E-state index contributed by atoms with van der Waals surface area (Å²) in [6.45, 7) is 4.79. The fourth-order valence-electron chi connectivity index (χ4n) is 2.54. The van der Waals surface area contributed by atoms with Gasteiger partial charge < -0.3 is 5.32 Å². The zero-order valence-corrected chi connectivity index (χ0v) is 14.2. The van der Waals surface area contributed by atoms with Gasteiger partial charge in [0.05, 0.1) is 0 Å². The molecule has 3 heteroatoms. The van der Waals surface area contributed by atoms with Crippen LogP contribution in [0.3, 0.4) is 0 Å². The van der Waals surface area contributed by atoms with Gasteiger partial charge in [0.25, 0.3) is 0 Å². The molecule has 0 aliphatic rings. The number of hydrogen-bond acceptors (Lipinski definition) is 2. The SMILES string of the molecule is CSc1ccc(CNC(=O)CC(C)c2ccccc2C)cc1. The predicted octanol–water partition coefficient (Wildman–Crippen LogP) is 4.53. The number of hydrogen-bond donors (Lipinski definition) is 1. The van der Waals surface area contributed by atoms with Gasteiger partial charge in [-0.1, -0.05) is 43.3 Å². The van der Waals surface area contributed by atoms with Gasteiger partial charge >= 0.3 is 0 Å². The molecule has 2 aromatic rings. The molecule has 1 atom stereocenters. The van der Waals surface area contributed by atoms with E-state index in [9.17, 15) is 4.79 Å². The Bertz CT molecular complexity index is 622. The summed E-state index contributed by atoms with van der Waals surface area (Å²) in [4.78, 5) is 13.4. The maximum atomic E-state index is 12.1. The fourth-order valence-corrected chi connectivity index (χ4v) is 2.95. The van der Waals surface area contributed by atoms with E-state index in [1.54, 1.807) is 11.8 Å². The number of amides is 1. The summed E-state index contributed by atoms with van der Waals surface area (Å²) in [5, 5.41) is 3.01. The molecule has 0 radical (unpaired) electrons. The van der Waals surface area contributed by atoms with Gasteiger partial charge in [-0.2, -0.15) is 0 Å². The molecule has 0 aliphatic heterocycles. The second-order valence-electron chi connectivity index (χ2n) is 5.59. The van der Waals surface area contributed by atoms with Gasteiger partial charge in [-0.3, -0.25) is 4.79 Å². The maximum Gasteiger partial charge on any atom is 0.220 e. The van der Waals surface area contributed by atoms with E-state index in [0.717, 1.165) is 5.56 Å². The van der Waals surface area contributed by atoms with Gasteiger partial charge in [0.2, 0.25) is 5.91 Å². The third-order valence-electron chi connectivity index (χ3n) is 3.86. The largest absolute Gasteiger partial charge is 0.352 e. The number of nitrogens with one attached hydrogen (secondary N) is 1. The van der Waals surface area contributed by atoms with Crippen molar-refractivity contribution in [3.05, 3.63) is 65.2 Å². The van der Waals surface area contributed by atoms with Crippen LogP contribution in [0.25, 0.3) is 0 Å². The van der Waals surface area contributed by atoms with Crippen molar-refractivity contribution >= 4 is 17.7 Å². The molecule has 1 amide bonds. The summed E-state index contributed by atoms with van der Waals surface area (Å²) < 4.78 is 0. The van der Waals surface area contributed by atoms with Crippen LogP contribution in [0.2, 0.25) is 0 Å². The normalized spacial score (nSPS) is 12.0. The average molecular weight is 313 g/mol. The van der Waals surface area contributed by atoms with Crippen molar-refractivity contribution in [1.82, 2.24) is 5.32 Å². The summed E-state index contributed by atoms with van der Waals surface area (Å²) in [5.41, 5.74) is 3.63. The minimum atomic E-state index is 0.102. The van der Waals surface area contributed by atoms with E-state index in [-0.39, 0.29) is 11.8 Å². The van der Waals surface area contributed by atoms with Gasteiger partial charge in [-0.05, 0) is 47.9 Å². The molecule has 2 aromatic carbocycles. The number of carbonyl (C=O) groups is 1. The lowest BCUT2D eigenvalue weighted by molar-refractivity contribution is -0.121. The Balaban J connectivity index is 1.86. The van der Waals surface area contributed by atoms with Crippen LogP contribution in [0.15, 0.2) is 53.4 Å². The van der Waals surface area contributed by atoms with Gasteiger partial charge in [0.1, 0.15) is 0 Å². The zero-order chi connectivity index (χ0) is 15.9. The Morgan fingerprint density at radius 3 is 2.45 bits per heavy atom. The molecule has 0 heterocycles. The highest BCUT2D eigenvalue weighted by Crippen LogP contribution is 2.22. The third kappa shape index (κ3) is 4.63. The van der Waals surface area contributed by atoms with E-state index in [1.807, 2.05) is 12.1 Å². The Morgan fingerprint density at radius 1 is 1.14 bits per heavy atom. The Hall–Kier alpha value is -1.74. The quantitative estimate of drug-likeness (QED) is 0.794. The van der Waals surface area contributed by atoms with E-state index >= 15 is 0 Å². The first-order valence-corrected chi connectivity index (χ1v) is 8.77. The molecule has 0 spiro atoms. The van der Waals surface area contributed by atoms with E-state index in [2.05, 4.69) is 61.8 Å². The first-order chi connectivity index (χ1) is 10.6. The molecule has 2 nitrogen and oxygen atoms in total. The summed E-state index contributed by atoms with van der Waals surface area (Å²) in [7, 11) is 0. The van der Waals surface area contributed by atoms with Gasteiger partial charge in [-0.15, -0.1) is 11.8 Å². The van der Waals surface area contributed by atoms with Crippen LogP contribution < -0.4 is 5.32 Å². The highest BCUT2D eigenvalue weighted by molar-refractivity contribution is 7.98. The number of aryl methyl sites for hydroxylation is 1. The molecule has 0 bridgehead atoms. The molecule has 22 heavy (non-hydrogen) atoms. The topological polar surface area (TPSA) is 29.1 Å². The lowest BCUT2D eigenvalue weighted by Crippen LogP contribution is -2.24. The van der Waals surface area contributed by atoms with Gasteiger partial charge in [-0.25, -0.2) is 0 Å². The van der Waals surface area contributed by atoms with Crippen molar-refractivity contribution in [2.75, 3.05) is 6.26 Å². The van der Waals surface area contributed by atoms with Crippen LogP contribution in [0.1, 0.15) is 36.0 Å². The maximum absolute atomic E-state index is 12.1. The lowest BCUT2D eigenvalue weighted by Gasteiger charge is -2.14. The minimum absolute atomic E-state index is 0.102. The second kappa shape index (κ2) is 8.04. The smallest absolute Gasteiger partial charge is 0.220 e. The van der Waals surface area contributed by atoms with Crippen molar-refractivity contribution < 1.29 is 4.79 Å². The first-order valence-electron chi connectivity index (χ1n) is 7.55. The summed E-state index contributed by atoms with van der Waals surface area (Å²) >= 11 is 1.72. The Kier molecular flexibility index (Phi) is 6.08. The van der Waals surface area contributed by atoms with E-state index < -0.39 is 0 Å². The zero-order valence-electron chi connectivity index (χ0n) is 13.4. The number of benzene rings is 2. The molecule has 0 saturated heterocycles. The van der Waals surface area contributed by atoms with Gasteiger partial charge in [0.15, 0.2) is 0 Å². The van der Waals surface area contributed by atoms with E-state index in [0.29, 0.717) is 13.0 Å². The van der Waals surface area contributed by atoms with Crippen LogP contribution in [-0.2, 0) is 11.3 Å². The molecular formula is C19H23NOS. The first kappa shape index (κ1) is 16.6. The Morgan fingerprint density at radius 2 is 1.82 bits per heavy atom. The molecule has 0 aliphatic carbocycles. The summed E-state index contributed by atoms with van der Waals surface area (Å²) in [6.07, 6.45) is 2.58. The van der Waals surface area contributed by atoms with Crippen LogP contribution in [0, 0.1) is 6.92 Å². The van der Waals surface area contributed by atoms with Crippen LogP contribution >= 0.6 is 11.8 Å². The molecule has 1 unspecified atom stereocenters. The highest BCUT2D eigenvalue weighted by atomic mass is 32.2. The molecule has 2 rings (SSSR count). The van der Waals surface area contributed by atoms with E-state index in [1.165, 1.54) is 16.0 Å². The van der Waals surface area contributed by atoms with Crippen molar-refractivity contribution in [1.29, 1.82) is 0 Å². The Labute approximate surface area is 137 Å². The summed E-state index contributed by atoms with van der Waals surface area (Å²) in [6, 6.07) is 16.6. The second-order valence-corrected chi connectivity index (χ2v) is 6.47. The van der Waals surface area contributed by atoms with E-state index in [4.69, 9.17) is 0 Å². The molecule has 0 fully saturated rings. The summed E-state index contributed by atoms with van der Waals surface area (Å²) in [5.74, 6) is 0.338. The van der Waals surface area contributed by atoms with Crippen molar-refractivity contribution in [3.63, 3.8) is 0 Å². The average Bonchev–Trinajstić information content (AvgIpc) is 2.53. The monoisotopic (exact) mass is 313 g/mol. The molecule has 1 N–H and O–H groups in total. The number of rotatable bonds is 6. The predicted molar refractivity (Wildman–Crippen MR) is 94.3 cm³/mol. The molecule has 0 saturated carbocycles.